The van der Waals surface area contributed by atoms with Crippen molar-refractivity contribution < 1.29 is 0 Å². The van der Waals surface area contributed by atoms with Crippen molar-refractivity contribution in [3.8, 4) is 22.4 Å². The summed E-state index contributed by atoms with van der Waals surface area (Å²) in [4.78, 5) is 4.19. The van der Waals surface area contributed by atoms with E-state index in [9.17, 15) is 0 Å². The van der Waals surface area contributed by atoms with Crippen molar-refractivity contribution in [2.24, 2.45) is 11.7 Å². The summed E-state index contributed by atoms with van der Waals surface area (Å²) in [7, 11) is 0. The van der Waals surface area contributed by atoms with Gasteiger partial charge in [-0.2, -0.15) is 5.10 Å². The second kappa shape index (κ2) is 8.24. The molecule has 0 bridgehead atoms. The van der Waals surface area contributed by atoms with Gasteiger partial charge in [-0.25, -0.2) is 0 Å². The summed E-state index contributed by atoms with van der Waals surface area (Å²) < 4.78 is 0. The minimum Gasteiger partial charge on any atom is -0.330 e. The van der Waals surface area contributed by atoms with E-state index in [2.05, 4.69) is 22.2 Å². The van der Waals surface area contributed by atoms with Crippen molar-refractivity contribution in [3.05, 3.63) is 59.5 Å². The first-order valence-corrected chi connectivity index (χ1v) is 10.1. The molecule has 2 heterocycles. The maximum atomic E-state index is 6.08. The zero-order chi connectivity index (χ0) is 18.6. The molecular weight excluding hydrogens is 356 g/mol. The maximum Gasteiger partial charge on any atom is 0.100 e. The molecule has 5 heteroatoms. The van der Waals surface area contributed by atoms with Crippen molar-refractivity contribution in [1.29, 1.82) is 0 Å². The summed E-state index contributed by atoms with van der Waals surface area (Å²) in [5, 5.41) is 8.84. The molecule has 1 aliphatic carbocycles. The van der Waals surface area contributed by atoms with Crippen LogP contribution in [0.4, 0.5) is 0 Å². The lowest BCUT2D eigenvalue weighted by atomic mass is 9.89. The number of hydrogen-bond acceptors (Lipinski definition) is 3. The van der Waals surface area contributed by atoms with Gasteiger partial charge >= 0.3 is 0 Å². The number of aromatic nitrogens is 3. The van der Waals surface area contributed by atoms with Crippen LogP contribution in [-0.2, 0) is 0 Å². The molecule has 2 atom stereocenters. The lowest BCUT2D eigenvalue weighted by Crippen LogP contribution is -2.13. The fraction of sp³-hybridized carbons (Fsp3) is 0.364. The van der Waals surface area contributed by atoms with E-state index in [1.807, 2.05) is 36.7 Å². The molecular formula is C22H25ClN4. The average Bonchev–Trinajstić information content (AvgIpc) is 3.00. The molecule has 3 N–H and O–H groups in total. The Morgan fingerprint density at radius 1 is 0.963 bits per heavy atom. The molecule has 0 spiro atoms. The highest BCUT2D eigenvalue weighted by Crippen LogP contribution is 2.41. The van der Waals surface area contributed by atoms with Gasteiger partial charge in [-0.1, -0.05) is 30.2 Å². The van der Waals surface area contributed by atoms with E-state index in [4.69, 9.17) is 22.4 Å². The van der Waals surface area contributed by atoms with Crippen molar-refractivity contribution in [2.75, 3.05) is 6.54 Å². The van der Waals surface area contributed by atoms with Crippen molar-refractivity contribution >= 4 is 11.6 Å². The third-order valence-electron chi connectivity index (χ3n) is 5.71. The minimum absolute atomic E-state index is 0.485. The Kier molecular flexibility index (Phi) is 5.55. The highest BCUT2D eigenvalue weighted by Gasteiger charge is 2.26. The lowest BCUT2D eigenvalue weighted by Gasteiger charge is -2.16. The molecule has 0 radical (unpaired) electrons. The molecule has 0 aliphatic heterocycles. The Balaban J connectivity index is 1.77. The van der Waals surface area contributed by atoms with Crippen molar-refractivity contribution in [2.45, 2.75) is 38.0 Å². The molecule has 0 saturated heterocycles. The topological polar surface area (TPSA) is 67.6 Å². The van der Waals surface area contributed by atoms with Gasteiger partial charge < -0.3 is 5.73 Å². The van der Waals surface area contributed by atoms with Crippen LogP contribution in [0.1, 0.15) is 43.7 Å². The zero-order valence-electron chi connectivity index (χ0n) is 15.4. The number of nitrogens with zero attached hydrogens (tertiary/aromatic N) is 2. The predicted molar refractivity (Wildman–Crippen MR) is 111 cm³/mol. The molecule has 0 amide bonds. The van der Waals surface area contributed by atoms with E-state index < -0.39 is 0 Å². The van der Waals surface area contributed by atoms with E-state index in [1.54, 1.807) is 0 Å². The smallest absolute Gasteiger partial charge is 0.100 e. The van der Waals surface area contributed by atoms with Crippen LogP contribution in [0.25, 0.3) is 22.4 Å². The van der Waals surface area contributed by atoms with Gasteiger partial charge in [0.1, 0.15) is 5.69 Å². The van der Waals surface area contributed by atoms with E-state index in [1.165, 1.54) is 36.9 Å². The Labute approximate surface area is 165 Å². The third kappa shape index (κ3) is 3.92. The first-order chi connectivity index (χ1) is 13.3. The van der Waals surface area contributed by atoms with E-state index >= 15 is 0 Å². The standard InChI is InChI=1S/C22H25ClN4/c23-19-8-6-18(7-9-19)22-20(16-10-12-25-13-11-16)21(26-27-22)17-3-1-2-15(14-24)4-5-17/h6-13,15,17H,1-5,14,24H2,(H,26,27). The number of aromatic amines is 1. The van der Waals surface area contributed by atoms with Crippen molar-refractivity contribution in [1.82, 2.24) is 15.2 Å². The molecule has 2 aromatic heterocycles. The molecule has 27 heavy (non-hydrogen) atoms. The molecule has 4 rings (SSSR count). The molecule has 2 unspecified atom stereocenters. The molecule has 4 nitrogen and oxygen atoms in total. The number of hydrogen-bond donors (Lipinski definition) is 2. The summed E-state index contributed by atoms with van der Waals surface area (Å²) in [6.07, 6.45) is 9.66. The number of nitrogens with two attached hydrogens (primary N) is 1. The van der Waals surface area contributed by atoms with Crippen LogP contribution >= 0.6 is 11.6 Å². The molecule has 1 aromatic carbocycles. The zero-order valence-corrected chi connectivity index (χ0v) is 16.1. The van der Waals surface area contributed by atoms with Gasteiger partial charge in [0.2, 0.25) is 0 Å². The van der Waals surface area contributed by atoms with Crippen LogP contribution in [0.2, 0.25) is 5.02 Å². The summed E-state index contributed by atoms with van der Waals surface area (Å²) in [5.74, 6) is 1.14. The number of halogens is 1. The molecule has 1 fully saturated rings. The van der Waals surface area contributed by atoms with E-state index in [0.29, 0.717) is 11.8 Å². The second-order valence-electron chi connectivity index (χ2n) is 7.41. The Morgan fingerprint density at radius 2 is 1.74 bits per heavy atom. The minimum atomic E-state index is 0.485. The number of pyridine rings is 1. The molecule has 1 saturated carbocycles. The first kappa shape index (κ1) is 18.2. The van der Waals surface area contributed by atoms with Gasteiger partial charge in [0.05, 0.1) is 0 Å². The van der Waals surface area contributed by atoms with Gasteiger partial charge in [-0.15, -0.1) is 0 Å². The normalized spacial score (nSPS) is 20.4. The average molecular weight is 381 g/mol. The number of rotatable bonds is 4. The predicted octanol–water partition coefficient (Wildman–Crippen LogP) is 5.41. The van der Waals surface area contributed by atoms with Crippen LogP contribution in [0.3, 0.4) is 0 Å². The maximum absolute atomic E-state index is 6.08. The quantitative estimate of drug-likeness (QED) is 0.594. The van der Waals surface area contributed by atoms with Gasteiger partial charge in [0, 0.05) is 40.2 Å². The van der Waals surface area contributed by atoms with E-state index in [-0.39, 0.29) is 0 Å². The lowest BCUT2D eigenvalue weighted by molar-refractivity contribution is 0.466. The van der Waals surface area contributed by atoms with Crippen LogP contribution in [0, 0.1) is 5.92 Å². The Morgan fingerprint density at radius 3 is 2.48 bits per heavy atom. The number of H-pyrrole nitrogens is 1. The van der Waals surface area contributed by atoms with Gasteiger partial charge in [-0.3, -0.25) is 10.1 Å². The van der Waals surface area contributed by atoms with Crippen molar-refractivity contribution in [3.63, 3.8) is 0 Å². The van der Waals surface area contributed by atoms with Crippen LogP contribution in [0.15, 0.2) is 48.8 Å². The fourth-order valence-electron chi connectivity index (χ4n) is 4.18. The summed E-state index contributed by atoms with van der Waals surface area (Å²) >= 11 is 6.08. The Hall–Kier alpha value is -2.17. The summed E-state index contributed by atoms with van der Waals surface area (Å²) in [6.45, 7) is 0.795. The number of nitrogens with one attached hydrogen (secondary N) is 1. The Bertz CT molecular complexity index is 873. The van der Waals surface area contributed by atoms with Crippen LogP contribution in [0.5, 0.6) is 0 Å². The van der Waals surface area contributed by atoms with Crippen LogP contribution < -0.4 is 5.73 Å². The largest absolute Gasteiger partial charge is 0.330 e. The van der Waals surface area contributed by atoms with E-state index in [0.717, 1.165) is 34.8 Å². The summed E-state index contributed by atoms with van der Waals surface area (Å²) in [5.41, 5.74) is 11.6. The molecule has 1 aliphatic rings. The highest BCUT2D eigenvalue weighted by atomic mass is 35.5. The van der Waals surface area contributed by atoms with Gasteiger partial charge in [0.25, 0.3) is 0 Å². The molecule has 3 aromatic rings. The first-order valence-electron chi connectivity index (χ1n) is 9.71. The monoisotopic (exact) mass is 380 g/mol. The fourth-order valence-corrected chi connectivity index (χ4v) is 4.31. The van der Waals surface area contributed by atoms with Gasteiger partial charge in [0.15, 0.2) is 0 Å². The third-order valence-corrected chi connectivity index (χ3v) is 5.96. The van der Waals surface area contributed by atoms with Gasteiger partial charge in [-0.05, 0) is 68.0 Å². The summed E-state index contributed by atoms with van der Waals surface area (Å²) in [6, 6.07) is 12.0. The molecule has 140 valence electrons. The second-order valence-corrected chi connectivity index (χ2v) is 7.85. The highest BCUT2D eigenvalue weighted by molar-refractivity contribution is 6.30. The number of benzene rings is 1. The SMILES string of the molecule is NCC1CCCC(c2[nH]nc(-c3ccc(Cl)cc3)c2-c2ccncc2)CC1. The van der Waals surface area contributed by atoms with Crippen LogP contribution in [-0.4, -0.2) is 21.7 Å².